The minimum absolute atomic E-state index is 0.702. The van der Waals surface area contributed by atoms with Crippen LogP contribution in [0.25, 0.3) is 0 Å². The van der Waals surface area contributed by atoms with E-state index >= 15 is 0 Å². The van der Waals surface area contributed by atoms with Crippen LogP contribution < -0.4 is 5.32 Å². The van der Waals surface area contributed by atoms with Crippen molar-refractivity contribution in [1.29, 1.82) is 0 Å². The molecule has 2 aliphatic rings. The molecule has 0 amide bonds. The fourth-order valence-electron chi connectivity index (χ4n) is 2.42. The summed E-state index contributed by atoms with van der Waals surface area (Å²) in [4.78, 5) is 9.44. The lowest BCUT2D eigenvalue weighted by Gasteiger charge is -2.20. The molecule has 3 rings (SSSR count). The van der Waals surface area contributed by atoms with Crippen molar-refractivity contribution in [2.75, 3.05) is 20.3 Å². The maximum Gasteiger partial charge on any atom is 0.131 e. The zero-order chi connectivity index (χ0) is 11.7. The van der Waals surface area contributed by atoms with E-state index in [1.165, 1.54) is 29.8 Å². The molecule has 4 heteroatoms. The number of nitrogens with zero attached hydrogens (tertiary/aromatic N) is 2. The first-order valence-electron chi connectivity index (χ1n) is 6.46. The Morgan fingerprint density at radius 3 is 3.00 bits per heavy atom. The lowest BCUT2D eigenvalue weighted by atomic mass is 10.0. The number of aromatic nitrogens is 2. The van der Waals surface area contributed by atoms with Crippen molar-refractivity contribution in [1.82, 2.24) is 15.3 Å². The Labute approximate surface area is 102 Å². The average molecular weight is 233 g/mol. The summed E-state index contributed by atoms with van der Waals surface area (Å²) in [6, 6.07) is 0. The number of methoxy groups -OCH3 is 1. The van der Waals surface area contributed by atoms with E-state index in [-0.39, 0.29) is 0 Å². The second kappa shape index (κ2) is 4.70. The molecule has 2 heterocycles. The van der Waals surface area contributed by atoms with Crippen molar-refractivity contribution in [2.24, 2.45) is 0 Å². The highest BCUT2D eigenvalue weighted by Crippen LogP contribution is 2.41. The lowest BCUT2D eigenvalue weighted by Crippen LogP contribution is -2.27. The van der Waals surface area contributed by atoms with Crippen LogP contribution in [-0.4, -0.2) is 30.2 Å². The van der Waals surface area contributed by atoms with Gasteiger partial charge in [-0.1, -0.05) is 0 Å². The van der Waals surface area contributed by atoms with Gasteiger partial charge in [0.25, 0.3) is 0 Å². The molecule has 0 aromatic carbocycles. The molecule has 0 saturated heterocycles. The van der Waals surface area contributed by atoms with Gasteiger partial charge in [-0.2, -0.15) is 0 Å². The van der Waals surface area contributed by atoms with Crippen LogP contribution in [0.15, 0.2) is 0 Å². The molecule has 17 heavy (non-hydrogen) atoms. The Bertz CT molecular complexity index is 415. The number of rotatable bonds is 4. The zero-order valence-corrected chi connectivity index (χ0v) is 10.3. The Balaban J connectivity index is 1.93. The zero-order valence-electron chi connectivity index (χ0n) is 10.3. The van der Waals surface area contributed by atoms with Gasteiger partial charge in [-0.3, -0.25) is 0 Å². The Morgan fingerprint density at radius 2 is 2.24 bits per heavy atom. The summed E-state index contributed by atoms with van der Waals surface area (Å²) in [5.41, 5.74) is 3.96. The van der Waals surface area contributed by atoms with Gasteiger partial charge >= 0.3 is 0 Å². The van der Waals surface area contributed by atoms with Crippen molar-refractivity contribution in [3.63, 3.8) is 0 Å². The first-order valence-corrected chi connectivity index (χ1v) is 6.46. The van der Waals surface area contributed by atoms with Crippen LogP contribution >= 0.6 is 0 Å². The molecular formula is C13H19N3O. The van der Waals surface area contributed by atoms with Gasteiger partial charge in [-0.15, -0.1) is 0 Å². The second-order valence-electron chi connectivity index (χ2n) is 4.89. The predicted octanol–water partition coefficient (Wildman–Crippen LogP) is 1.19. The van der Waals surface area contributed by atoms with E-state index in [4.69, 9.17) is 14.7 Å². The number of hydrogen-bond acceptors (Lipinski definition) is 4. The smallest absolute Gasteiger partial charge is 0.131 e. The first-order chi connectivity index (χ1) is 8.38. The normalized spacial score (nSPS) is 19.1. The molecule has 1 aliphatic carbocycles. The Morgan fingerprint density at radius 1 is 1.35 bits per heavy atom. The molecule has 1 aromatic rings. The second-order valence-corrected chi connectivity index (χ2v) is 4.89. The minimum Gasteiger partial charge on any atom is -0.384 e. The highest BCUT2D eigenvalue weighted by Gasteiger charge is 2.30. The summed E-state index contributed by atoms with van der Waals surface area (Å²) < 4.78 is 5.11. The molecule has 1 aromatic heterocycles. The Kier molecular flexibility index (Phi) is 3.07. The Hall–Kier alpha value is -1.00. The summed E-state index contributed by atoms with van der Waals surface area (Å²) in [5.74, 6) is 1.67. The molecule has 4 nitrogen and oxygen atoms in total. The topological polar surface area (TPSA) is 47.0 Å². The summed E-state index contributed by atoms with van der Waals surface area (Å²) in [7, 11) is 1.73. The fourth-order valence-corrected chi connectivity index (χ4v) is 2.42. The number of fused-ring (bicyclic) bond motifs is 1. The molecule has 1 N–H and O–H groups in total. The third-order valence-electron chi connectivity index (χ3n) is 3.51. The first kappa shape index (κ1) is 11.1. The van der Waals surface area contributed by atoms with Crippen molar-refractivity contribution in [3.05, 3.63) is 22.8 Å². The maximum absolute atomic E-state index is 5.11. The summed E-state index contributed by atoms with van der Waals surface area (Å²) in [6.07, 6.45) is 4.47. The van der Waals surface area contributed by atoms with E-state index in [0.717, 1.165) is 31.8 Å². The summed E-state index contributed by atoms with van der Waals surface area (Å²) >= 11 is 0. The van der Waals surface area contributed by atoms with Crippen LogP contribution in [0.3, 0.4) is 0 Å². The lowest BCUT2D eigenvalue weighted by molar-refractivity contribution is 0.200. The van der Waals surface area contributed by atoms with Gasteiger partial charge in [0.2, 0.25) is 0 Å². The van der Waals surface area contributed by atoms with Crippen LogP contribution in [-0.2, 0) is 24.1 Å². The quantitative estimate of drug-likeness (QED) is 0.848. The molecule has 1 fully saturated rings. The molecule has 0 spiro atoms. The molecule has 1 aliphatic heterocycles. The highest BCUT2D eigenvalue weighted by molar-refractivity contribution is 5.33. The number of hydrogen-bond donors (Lipinski definition) is 1. The van der Waals surface area contributed by atoms with Gasteiger partial charge in [0.15, 0.2) is 0 Å². The van der Waals surface area contributed by atoms with Crippen LogP contribution in [0.4, 0.5) is 0 Å². The largest absolute Gasteiger partial charge is 0.384 e. The van der Waals surface area contributed by atoms with Gasteiger partial charge in [0.1, 0.15) is 5.82 Å². The van der Waals surface area contributed by atoms with Gasteiger partial charge in [0.05, 0.1) is 18.0 Å². The van der Waals surface area contributed by atoms with Gasteiger partial charge in [-0.25, -0.2) is 9.97 Å². The molecule has 1 saturated carbocycles. The molecule has 0 unspecified atom stereocenters. The third-order valence-corrected chi connectivity index (χ3v) is 3.51. The van der Waals surface area contributed by atoms with Crippen molar-refractivity contribution in [3.8, 4) is 0 Å². The summed E-state index contributed by atoms with van der Waals surface area (Å²) in [6.45, 7) is 2.70. The van der Waals surface area contributed by atoms with Crippen LogP contribution in [0.5, 0.6) is 0 Å². The van der Waals surface area contributed by atoms with E-state index in [0.29, 0.717) is 12.5 Å². The van der Waals surface area contributed by atoms with E-state index in [2.05, 4.69) is 5.32 Å². The van der Waals surface area contributed by atoms with E-state index < -0.39 is 0 Å². The van der Waals surface area contributed by atoms with Crippen LogP contribution in [0, 0.1) is 0 Å². The highest BCUT2D eigenvalue weighted by atomic mass is 16.5. The van der Waals surface area contributed by atoms with Crippen molar-refractivity contribution in [2.45, 2.75) is 38.1 Å². The molecule has 0 radical (unpaired) electrons. The average Bonchev–Trinajstić information content (AvgIpc) is 3.19. The van der Waals surface area contributed by atoms with Crippen molar-refractivity contribution < 1.29 is 4.74 Å². The number of nitrogens with one attached hydrogen (secondary N) is 1. The SMILES string of the molecule is COCCc1nc2c(c(C3CC3)n1)CNCC2. The maximum atomic E-state index is 5.11. The molecule has 0 bridgehead atoms. The predicted molar refractivity (Wildman–Crippen MR) is 65.0 cm³/mol. The standard InChI is InChI=1S/C13H19N3O/c1-17-7-5-12-15-11-4-6-14-8-10(11)13(16-12)9-2-3-9/h9,14H,2-8H2,1H3. The summed E-state index contributed by atoms with van der Waals surface area (Å²) in [5, 5.41) is 3.42. The number of ether oxygens (including phenoxy) is 1. The van der Waals surface area contributed by atoms with Crippen LogP contribution in [0.2, 0.25) is 0 Å². The van der Waals surface area contributed by atoms with Gasteiger partial charge in [0, 0.05) is 44.5 Å². The van der Waals surface area contributed by atoms with E-state index in [1.54, 1.807) is 7.11 Å². The molecular weight excluding hydrogens is 214 g/mol. The third kappa shape index (κ3) is 2.33. The monoisotopic (exact) mass is 233 g/mol. The fraction of sp³-hybridized carbons (Fsp3) is 0.692. The van der Waals surface area contributed by atoms with E-state index in [9.17, 15) is 0 Å². The van der Waals surface area contributed by atoms with Crippen LogP contribution in [0.1, 0.15) is 41.5 Å². The minimum atomic E-state index is 0.702. The van der Waals surface area contributed by atoms with E-state index in [1.807, 2.05) is 0 Å². The molecule has 92 valence electrons. The molecule has 0 atom stereocenters. The van der Waals surface area contributed by atoms with Crippen molar-refractivity contribution >= 4 is 0 Å². The van der Waals surface area contributed by atoms with Gasteiger partial charge in [-0.05, 0) is 12.8 Å². The van der Waals surface area contributed by atoms with Gasteiger partial charge < -0.3 is 10.1 Å².